The molecule has 0 amide bonds. The summed E-state index contributed by atoms with van der Waals surface area (Å²) >= 11 is 0. The standard InChI is InChI=1S/C9H13NO.C4H6O/c1-8-3-2-4-9(7-8)10-5-6-11;1-3-5-4-2/h2-4,7,10-11H,5-6H2,1H3;3-4H,1-2H2. The maximum absolute atomic E-state index is 8.53. The maximum atomic E-state index is 8.53. The van der Waals surface area contributed by atoms with Gasteiger partial charge in [0.05, 0.1) is 19.1 Å². The predicted octanol–water partition coefficient (Wildman–Crippen LogP) is 2.69. The number of rotatable bonds is 5. The van der Waals surface area contributed by atoms with Gasteiger partial charge in [-0.15, -0.1) is 0 Å². The number of hydrogen-bond acceptors (Lipinski definition) is 3. The van der Waals surface area contributed by atoms with Gasteiger partial charge in [0.1, 0.15) is 0 Å². The van der Waals surface area contributed by atoms with Crippen molar-refractivity contribution >= 4 is 5.69 Å². The number of aryl methyl sites for hydroxylation is 1. The van der Waals surface area contributed by atoms with E-state index in [2.05, 4.69) is 29.3 Å². The van der Waals surface area contributed by atoms with E-state index in [1.54, 1.807) is 0 Å². The van der Waals surface area contributed by atoms with Gasteiger partial charge >= 0.3 is 0 Å². The number of hydrogen-bond donors (Lipinski definition) is 2. The molecule has 1 aromatic carbocycles. The summed E-state index contributed by atoms with van der Waals surface area (Å²) in [5.41, 5.74) is 2.30. The molecular weight excluding hydrogens is 202 g/mol. The van der Waals surface area contributed by atoms with E-state index in [1.165, 1.54) is 18.1 Å². The molecule has 88 valence electrons. The van der Waals surface area contributed by atoms with Crippen LogP contribution in [0.1, 0.15) is 5.56 Å². The minimum atomic E-state index is 0.175. The highest BCUT2D eigenvalue weighted by Gasteiger charge is 1.89. The van der Waals surface area contributed by atoms with E-state index >= 15 is 0 Å². The summed E-state index contributed by atoms with van der Waals surface area (Å²) in [6, 6.07) is 8.08. The third kappa shape index (κ3) is 7.64. The zero-order valence-electron chi connectivity index (χ0n) is 9.65. The van der Waals surface area contributed by atoms with Gasteiger partial charge in [-0.1, -0.05) is 25.3 Å². The molecule has 2 N–H and O–H groups in total. The number of aliphatic hydroxyl groups excluding tert-OH is 1. The molecule has 0 heterocycles. The van der Waals surface area contributed by atoms with Crippen molar-refractivity contribution in [1.29, 1.82) is 0 Å². The molecule has 1 rings (SSSR count). The van der Waals surface area contributed by atoms with Crippen LogP contribution in [0.5, 0.6) is 0 Å². The summed E-state index contributed by atoms with van der Waals surface area (Å²) < 4.78 is 4.36. The van der Waals surface area contributed by atoms with E-state index in [1.807, 2.05) is 25.1 Å². The van der Waals surface area contributed by atoms with Gasteiger partial charge in [0.15, 0.2) is 0 Å². The minimum absolute atomic E-state index is 0.175. The van der Waals surface area contributed by atoms with Crippen LogP contribution in [-0.2, 0) is 4.74 Å². The molecule has 0 atom stereocenters. The Morgan fingerprint density at radius 1 is 1.38 bits per heavy atom. The van der Waals surface area contributed by atoms with Gasteiger partial charge < -0.3 is 15.2 Å². The SMILES string of the molecule is C=COC=C.Cc1cccc(NCCO)c1. The molecule has 0 bridgehead atoms. The third-order valence-electron chi connectivity index (χ3n) is 1.65. The highest BCUT2D eigenvalue weighted by atomic mass is 16.5. The second kappa shape index (κ2) is 9.80. The molecule has 0 saturated carbocycles. The zero-order valence-corrected chi connectivity index (χ0v) is 9.65. The van der Waals surface area contributed by atoms with Crippen molar-refractivity contribution in [2.75, 3.05) is 18.5 Å². The van der Waals surface area contributed by atoms with E-state index < -0.39 is 0 Å². The first-order chi connectivity index (χ1) is 7.74. The number of benzene rings is 1. The molecule has 0 aliphatic rings. The molecule has 0 saturated heterocycles. The van der Waals surface area contributed by atoms with Gasteiger partial charge in [0.25, 0.3) is 0 Å². The lowest BCUT2D eigenvalue weighted by Gasteiger charge is -2.03. The second-order valence-electron chi connectivity index (χ2n) is 2.99. The molecule has 0 radical (unpaired) electrons. The Bertz CT molecular complexity index is 305. The van der Waals surface area contributed by atoms with Crippen molar-refractivity contribution in [3.8, 4) is 0 Å². The first kappa shape index (κ1) is 14.3. The molecule has 1 aromatic rings. The molecule has 0 aromatic heterocycles. The normalized spacial score (nSPS) is 8.38. The molecule has 0 unspecified atom stereocenters. The quantitative estimate of drug-likeness (QED) is 0.751. The number of aliphatic hydroxyl groups is 1. The molecule has 16 heavy (non-hydrogen) atoms. The lowest BCUT2D eigenvalue weighted by atomic mass is 10.2. The van der Waals surface area contributed by atoms with Crippen LogP contribution in [0.25, 0.3) is 0 Å². The fourth-order valence-corrected chi connectivity index (χ4v) is 1.02. The first-order valence-electron chi connectivity index (χ1n) is 5.03. The van der Waals surface area contributed by atoms with Crippen LogP contribution in [0.4, 0.5) is 5.69 Å². The summed E-state index contributed by atoms with van der Waals surface area (Å²) in [4.78, 5) is 0. The van der Waals surface area contributed by atoms with Crippen LogP contribution in [0.3, 0.4) is 0 Å². The van der Waals surface area contributed by atoms with Gasteiger partial charge in [-0.2, -0.15) is 0 Å². The summed E-state index contributed by atoms with van der Waals surface area (Å²) in [7, 11) is 0. The van der Waals surface area contributed by atoms with Gasteiger partial charge in [-0.3, -0.25) is 0 Å². The van der Waals surface area contributed by atoms with E-state index in [-0.39, 0.29) is 6.61 Å². The summed E-state index contributed by atoms with van der Waals surface area (Å²) in [5, 5.41) is 11.6. The fourth-order valence-electron chi connectivity index (χ4n) is 1.02. The zero-order chi connectivity index (χ0) is 12.2. The Balaban J connectivity index is 0.000000385. The van der Waals surface area contributed by atoms with Crippen LogP contribution in [0.15, 0.2) is 49.9 Å². The van der Waals surface area contributed by atoms with Gasteiger partial charge in [0.2, 0.25) is 0 Å². The van der Waals surface area contributed by atoms with Crippen molar-refractivity contribution in [2.45, 2.75) is 6.92 Å². The Kier molecular flexibility index (Phi) is 8.74. The fraction of sp³-hybridized carbons (Fsp3) is 0.231. The van der Waals surface area contributed by atoms with Crippen molar-refractivity contribution < 1.29 is 9.84 Å². The molecular formula is C13H19NO2. The Morgan fingerprint density at radius 3 is 2.50 bits per heavy atom. The summed E-state index contributed by atoms with van der Waals surface area (Å²) in [6.07, 6.45) is 2.62. The van der Waals surface area contributed by atoms with E-state index in [0.717, 1.165) is 5.69 Å². The van der Waals surface area contributed by atoms with Gasteiger partial charge in [-0.05, 0) is 24.6 Å². The van der Waals surface area contributed by atoms with E-state index in [9.17, 15) is 0 Å². The van der Waals surface area contributed by atoms with Crippen LogP contribution in [-0.4, -0.2) is 18.3 Å². The second-order valence-corrected chi connectivity index (χ2v) is 2.99. The van der Waals surface area contributed by atoms with Crippen molar-refractivity contribution in [3.05, 3.63) is 55.5 Å². The van der Waals surface area contributed by atoms with Crippen LogP contribution < -0.4 is 5.32 Å². The Morgan fingerprint density at radius 2 is 2.06 bits per heavy atom. The summed E-state index contributed by atoms with van der Waals surface area (Å²) in [5.74, 6) is 0. The third-order valence-corrected chi connectivity index (χ3v) is 1.65. The lowest BCUT2D eigenvalue weighted by molar-refractivity contribution is 0.311. The largest absolute Gasteiger partial charge is 0.474 e. The number of nitrogens with one attached hydrogen (secondary N) is 1. The molecule has 0 fully saturated rings. The maximum Gasteiger partial charge on any atom is 0.0829 e. The molecule has 3 nitrogen and oxygen atoms in total. The molecule has 3 heteroatoms. The topological polar surface area (TPSA) is 41.5 Å². The smallest absolute Gasteiger partial charge is 0.0829 e. The monoisotopic (exact) mass is 221 g/mol. The van der Waals surface area contributed by atoms with Crippen LogP contribution in [0, 0.1) is 6.92 Å². The molecule has 0 spiro atoms. The van der Waals surface area contributed by atoms with Crippen molar-refractivity contribution in [2.24, 2.45) is 0 Å². The highest BCUT2D eigenvalue weighted by molar-refractivity contribution is 5.45. The van der Waals surface area contributed by atoms with Crippen molar-refractivity contribution in [1.82, 2.24) is 0 Å². The van der Waals surface area contributed by atoms with E-state index in [0.29, 0.717) is 6.54 Å². The van der Waals surface area contributed by atoms with Crippen LogP contribution >= 0.6 is 0 Å². The van der Waals surface area contributed by atoms with Gasteiger partial charge in [0, 0.05) is 12.2 Å². The van der Waals surface area contributed by atoms with E-state index in [4.69, 9.17) is 5.11 Å². The Labute approximate surface area is 97.1 Å². The van der Waals surface area contributed by atoms with Crippen LogP contribution in [0.2, 0.25) is 0 Å². The molecule has 0 aliphatic heterocycles. The van der Waals surface area contributed by atoms with Gasteiger partial charge in [-0.25, -0.2) is 0 Å². The highest BCUT2D eigenvalue weighted by Crippen LogP contribution is 2.08. The average molecular weight is 221 g/mol. The minimum Gasteiger partial charge on any atom is -0.474 e. The summed E-state index contributed by atoms with van der Waals surface area (Å²) in [6.45, 7) is 9.35. The number of anilines is 1. The number of ether oxygens (including phenoxy) is 1. The lowest BCUT2D eigenvalue weighted by Crippen LogP contribution is -2.04. The average Bonchev–Trinajstić information content (AvgIpc) is 2.28. The van der Waals surface area contributed by atoms with Crippen molar-refractivity contribution in [3.63, 3.8) is 0 Å². The predicted molar refractivity (Wildman–Crippen MR) is 68.2 cm³/mol. The Hall–Kier alpha value is -1.74. The first-order valence-corrected chi connectivity index (χ1v) is 5.03. The molecule has 0 aliphatic carbocycles.